The van der Waals surface area contributed by atoms with Crippen LogP contribution in [-0.2, 0) is 28.5 Å². The lowest BCUT2D eigenvalue weighted by Crippen LogP contribution is -2.69. The zero-order valence-corrected chi connectivity index (χ0v) is 23.3. The molecule has 6 rings (SSSR count). The first-order valence-electron chi connectivity index (χ1n) is 14.8. The number of ether oxygens (including phenoxy) is 4. The first kappa shape index (κ1) is 27.8. The molecule has 2 aliphatic heterocycles. The Balaban J connectivity index is 1.21. The maximum absolute atomic E-state index is 13.0. The van der Waals surface area contributed by atoms with Gasteiger partial charge in [-0.25, -0.2) is 4.79 Å². The zero-order chi connectivity index (χ0) is 27.8. The third-order valence-electron chi connectivity index (χ3n) is 12.1. The van der Waals surface area contributed by atoms with Gasteiger partial charge in [-0.15, -0.1) is 0 Å². The molecule has 4 unspecified atom stereocenters. The number of rotatable bonds is 5. The maximum atomic E-state index is 13.0. The minimum atomic E-state index is -1.21. The summed E-state index contributed by atoms with van der Waals surface area (Å²) in [6.07, 6.45) is 6.10. The Morgan fingerprint density at radius 3 is 2.54 bits per heavy atom. The molecule has 12 atom stereocenters. The molecule has 218 valence electrons. The van der Waals surface area contributed by atoms with Gasteiger partial charge in [0.25, 0.3) is 0 Å². The van der Waals surface area contributed by atoms with E-state index in [1.165, 1.54) is 0 Å². The van der Waals surface area contributed by atoms with Gasteiger partial charge in [0.05, 0.1) is 34.9 Å². The number of carbonyl (C=O) groups excluding carboxylic acids is 2. The van der Waals surface area contributed by atoms with E-state index >= 15 is 0 Å². The Kier molecular flexibility index (Phi) is 6.84. The van der Waals surface area contributed by atoms with Crippen LogP contribution in [0.2, 0.25) is 0 Å². The molecule has 5 fully saturated rings. The number of esters is 1. The smallest absolute Gasteiger partial charge is 0.331 e. The molecule has 2 heterocycles. The number of methoxy groups -OCH3 is 1. The highest BCUT2D eigenvalue weighted by molar-refractivity contribution is 5.85. The predicted molar refractivity (Wildman–Crippen MR) is 138 cm³/mol. The van der Waals surface area contributed by atoms with Crippen LogP contribution >= 0.6 is 0 Å². The lowest BCUT2D eigenvalue weighted by atomic mass is 9.41. The SMILES string of the molecule is COC1CC(O[C@H]2CC[C@]3(C=O)[C@H]4CC[C@]5(C)[C@@H](C6=CC(=O)OC6)CC[C@]5(O)[C@H]4CC[C@]3(O)C2)OC(C)C1O. The van der Waals surface area contributed by atoms with Gasteiger partial charge in [-0.3, -0.25) is 0 Å². The van der Waals surface area contributed by atoms with Crippen LogP contribution in [0.1, 0.15) is 78.1 Å². The third-order valence-corrected chi connectivity index (χ3v) is 12.1. The van der Waals surface area contributed by atoms with E-state index in [9.17, 15) is 24.9 Å². The largest absolute Gasteiger partial charge is 0.458 e. The molecule has 39 heavy (non-hydrogen) atoms. The normalized spacial score (nSPS) is 53.3. The fourth-order valence-corrected chi connectivity index (χ4v) is 9.98. The van der Waals surface area contributed by atoms with Gasteiger partial charge in [-0.1, -0.05) is 6.92 Å². The van der Waals surface area contributed by atoms with Crippen molar-refractivity contribution in [3.05, 3.63) is 11.6 Å². The molecule has 1 saturated heterocycles. The summed E-state index contributed by atoms with van der Waals surface area (Å²) in [5.74, 6) is -0.420. The molecule has 0 radical (unpaired) electrons. The van der Waals surface area contributed by atoms with Crippen LogP contribution in [0.25, 0.3) is 0 Å². The molecule has 0 spiro atoms. The van der Waals surface area contributed by atoms with E-state index in [2.05, 4.69) is 6.92 Å². The summed E-state index contributed by atoms with van der Waals surface area (Å²) in [7, 11) is 1.57. The molecule has 0 aromatic rings. The average Bonchev–Trinajstić information content (AvgIpc) is 3.45. The van der Waals surface area contributed by atoms with Crippen molar-refractivity contribution < 1.29 is 43.9 Å². The molecule has 9 nitrogen and oxygen atoms in total. The third kappa shape index (κ3) is 3.94. The number of aldehydes is 1. The molecule has 0 aromatic carbocycles. The number of hydrogen-bond donors (Lipinski definition) is 3. The van der Waals surface area contributed by atoms with Crippen molar-refractivity contribution in [3.63, 3.8) is 0 Å². The second-order valence-electron chi connectivity index (χ2n) is 13.5. The van der Waals surface area contributed by atoms with Crippen molar-refractivity contribution in [2.75, 3.05) is 13.7 Å². The highest BCUT2D eigenvalue weighted by Gasteiger charge is 2.71. The molecular formula is C30H44O9. The monoisotopic (exact) mass is 548 g/mol. The number of cyclic esters (lactones) is 1. The number of aliphatic hydroxyl groups is 3. The Morgan fingerprint density at radius 2 is 1.85 bits per heavy atom. The summed E-state index contributed by atoms with van der Waals surface area (Å²) in [6, 6.07) is 0. The molecule has 4 aliphatic carbocycles. The van der Waals surface area contributed by atoms with Crippen LogP contribution < -0.4 is 0 Å². The van der Waals surface area contributed by atoms with E-state index in [1.807, 2.05) is 0 Å². The molecule has 0 aromatic heterocycles. The number of fused-ring (bicyclic) bond motifs is 5. The van der Waals surface area contributed by atoms with Gasteiger partial charge in [-0.05, 0) is 81.6 Å². The molecule has 3 N–H and O–H groups in total. The van der Waals surface area contributed by atoms with Crippen molar-refractivity contribution in [1.82, 2.24) is 0 Å². The van der Waals surface area contributed by atoms with E-state index in [1.54, 1.807) is 20.1 Å². The highest BCUT2D eigenvalue weighted by Crippen LogP contribution is 2.70. The Labute approximate surface area is 230 Å². The lowest BCUT2D eigenvalue weighted by molar-refractivity contribution is -0.287. The zero-order valence-electron chi connectivity index (χ0n) is 23.3. The van der Waals surface area contributed by atoms with Gasteiger partial charge in [0, 0.05) is 31.4 Å². The van der Waals surface area contributed by atoms with Crippen LogP contribution in [0, 0.1) is 28.6 Å². The van der Waals surface area contributed by atoms with Crippen LogP contribution in [0.15, 0.2) is 11.6 Å². The van der Waals surface area contributed by atoms with E-state index < -0.39 is 40.5 Å². The summed E-state index contributed by atoms with van der Waals surface area (Å²) in [6.45, 7) is 4.25. The average molecular weight is 549 g/mol. The van der Waals surface area contributed by atoms with Gasteiger partial charge >= 0.3 is 5.97 Å². The van der Waals surface area contributed by atoms with Gasteiger partial charge in [0.1, 0.15) is 19.0 Å². The van der Waals surface area contributed by atoms with Crippen LogP contribution in [-0.4, -0.2) is 83.2 Å². The van der Waals surface area contributed by atoms with Gasteiger partial charge < -0.3 is 39.1 Å². The van der Waals surface area contributed by atoms with Crippen LogP contribution in [0.4, 0.5) is 0 Å². The fourth-order valence-electron chi connectivity index (χ4n) is 9.98. The number of hydrogen-bond acceptors (Lipinski definition) is 9. The molecule has 4 saturated carbocycles. The minimum Gasteiger partial charge on any atom is -0.458 e. The van der Waals surface area contributed by atoms with E-state index in [0.29, 0.717) is 51.6 Å². The van der Waals surface area contributed by atoms with Crippen molar-refractivity contribution in [3.8, 4) is 0 Å². The Bertz CT molecular complexity index is 1030. The minimum absolute atomic E-state index is 0.0827. The van der Waals surface area contributed by atoms with Crippen molar-refractivity contribution in [2.24, 2.45) is 28.6 Å². The van der Waals surface area contributed by atoms with Crippen molar-refractivity contribution >= 4 is 12.3 Å². The van der Waals surface area contributed by atoms with E-state index in [-0.39, 0.29) is 35.9 Å². The van der Waals surface area contributed by atoms with Crippen molar-refractivity contribution in [2.45, 2.75) is 120 Å². The molecule has 0 amide bonds. The van der Waals surface area contributed by atoms with Gasteiger partial charge in [0.15, 0.2) is 6.29 Å². The summed E-state index contributed by atoms with van der Waals surface area (Å²) in [5.41, 5.74) is -2.52. The van der Waals surface area contributed by atoms with Gasteiger partial charge in [0.2, 0.25) is 0 Å². The first-order valence-corrected chi connectivity index (χ1v) is 14.8. The number of carbonyl (C=O) groups is 2. The predicted octanol–water partition coefficient (Wildman–Crippen LogP) is 2.43. The van der Waals surface area contributed by atoms with Crippen LogP contribution in [0.3, 0.4) is 0 Å². The fraction of sp³-hybridized carbons (Fsp3) is 0.867. The summed E-state index contributed by atoms with van der Waals surface area (Å²) >= 11 is 0. The molecule has 0 bridgehead atoms. The quantitative estimate of drug-likeness (QED) is 0.269. The first-order chi connectivity index (χ1) is 18.5. The topological polar surface area (TPSA) is 132 Å². The van der Waals surface area contributed by atoms with Crippen LogP contribution in [0.5, 0.6) is 0 Å². The summed E-state index contributed by atoms with van der Waals surface area (Å²) in [4.78, 5) is 24.8. The second-order valence-corrected chi connectivity index (χ2v) is 13.5. The molecule has 9 heteroatoms. The highest BCUT2D eigenvalue weighted by atomic mass is 16.7. The molecule has 6 aliphatic rings. The van der Waals surface area contributed by atoms with E-state index in [0.717, 1.165) is 31.1 Å². The molecular weight excluding hydrogens is 504 g/mol. The standard InChI is InChI=1S/C30H44O9/c1-17-26(33)23(36-3)13-25(38-17)39-19-4-9-28(16-31)21-5-8-27(2)20(18-12-24(32)37-15-18)7-11-30(27,35)22(21)6-10-29(28,34)14-19/h12,16-17,19-23,25-26,33-35H,4-11,13-15H2,1-3H3/t17?,19-,20+,21-,22-,23?,25?,26?,27+,28-,29-,30-/m0/s1. The summed E-state index contributed by atoms with van der Waals surface area (Å²) < 4.78 is 22.9. The van der Waals surface area contributed by atoms with E-state index in [4.69, 9.17) is 18.9 Å². The lowest BCUT2D eigenvalue weighted by Gasteiger charge is -2.65. The second kappa shape index (κ2) is 9.60. The number of aliphatic hydroxyl groups excluding tert-OH is 1. The Hall–Kier alpha value is -1.36. The summed E-state index contributed by atoms with van der Waals surface area (Å²) in [5, 5.41) is 34.8. The maximum Gasteiger partial charge on any atom is 0.331 e. The van der Waals surface area contributed by atoms with Crippen molar-refractivity contribution in [1.29, 1.82) is 0 Å². The van der Waals surface area contributed by atoms with Gasteiger partial charge in [-0.2, -0.15) is 0 Å². The Morgan fingerprint density at radius 1 is 1.08 bits per heavy atom.